The smallest absolute Gasteiger partial charge is 0.332 e. The van der Waals surface area contributed by atoms with Crippen molar-refractivity contribution in [2.75, 3.05) is 19.0 Å². The molecule has 0 amide bonds. The second-order valence-electron chi connectivity index (χ2n) is 2.72. The van der Waals surface area contributed by atoms with E-state index in [1.807, 2.05) is 25.1 Å². The standard InChI is InChI=1S/C9H10FNO/c1-11(2)8-5-3-4-7(6-8)9(10)12/h3-6H,1-2H3. The number of nitrogens with zero attached hydrogens (tertiary/aromatic N) is 1. The number of carbonyl (C=O) groups excluding carboxylic acids is 1. The van der Waals surface area contributed by atoms with Crippen molar-refractivity contribution >= 4 is 11.7 Å². The highest BCUT2D eigenvalue weighted by Gasteiger charge is 2.03. The second kappa shape index (κ2) is 3.34. The van der Waals surface area contributed by atoms with E-state index >= 15 is 0 Å². The molecule has 0 fully saturated rings. The summed E-state index contributed by atoms with van der Waals surface area (Å²) in [6.45, 7) is 0. The van der Waals surface area contributed by atoms with E-state index in [1.54, 1.807) is 6.07 Å². The quantitative estimate of drug-likeness (QED) is 0.626. The van der Waals surface area contributed by atoms with Gasteiger partial charge in [0.2, 0.25) is 0 Å². The number of halogens is 1. The number of hydrogen-bond donors (Lipinski definition) is 0. The van der Waals surface area contributed by atoms with Crippen LogP contribution in [0.2, 0.25) is 0 Å². The summed E-state index contributed by atoms with van der Waals surface area (Å²) in [7, 11) is 3.67. The molecule has 0 aliphatic heterocycles. The molecule has 0 aromatic heterocycles. The minimum Gasteiger partial charge on any atom is -0.378 e. The van der Waals surface area contributed by atoms with Crippen molar-refractivity contribution < 1.29 is 9.18 Å². The van der Waals surface area contributed by atoms with Crippen LogP contribution in [0.3, 0.4) is 0 Å². The van der Waals surface area contributed by atoms with Gasteiger partial charge in [0.25, 0.3) is 0 Å². The molecule has 0 aliphatic rings. The molecule has 1 aromatic rings. The Kier molecular flexibility index (Phi) is 2.43. The molecular formula is C9H10FNO. The number of hydrogen-bond acceptors (Lipinski definition) is 2. The number of benzene rings is 1. The Labute approximate surface area is 70.6 Å². The van der Waals surface area contributed by atoms with Crippen LogP contribution in [0.15, 0.2) is 24.3 Å². The van der Waals surface area contributed by atoms with Gasteiger partial charge in [-0.15, -0.1) is 0 Å². The van der Waals surface area contributed by atoms with Crippen LogP contribution in [-0.2, 0) is 0 Å². The second-order valence-corrected chi connectivity index (χ2v) is 2.72. The number of rotatable bonds is 2. The Bertz CT molecular complexity index is 296. The van der Waals surface area contributed by atoms with Crippen LogP contribution in [0.5, 0.6) is 0 Å². The molecule has 0 saturated carbocycles. The molecule has 0 bridgehead atoms. The van der Waals surface area contributed by atoms with Crippen molar-refractivity contribution in [1.82, 2.24) is 0 Å². The fourth-order valence-corrected chi connectivity index (χ4v) is 0.906. The Hall–Kier alpha value is -1.38. The summed E-state index contributed by atoms with van der Waals surface area (Å²) in [4.78, 5) is 12.1. The predicted molar refractivity (Wildman–Crippen MR) is 46.2 cm³/mol. The van der Waals surface area contributed by atoms with Gasteiger partial charge in [-0.3, -0.25) is 4.79 Å². The fraction of sp³-hybridized carbons (Fsp3) is 0.222. The molecule has 64 valence electrons. The van der Waals surface area contributed by atoms with Gasteiger partial charge in [-0.25, -0.2) is 0 Å². The van der Waals surface area contributed by atoms with Gasteiger partial charge < -0.3 is 4.90 Å². The first kappa shape index (κ1) is 8.71. The molecule has 1 rings (SSSR count). The van der Waals surface area contributed by atoms with Crippen LogP contribution in [0, 0.1) is 0 Å². The summed E-state index contributed by atoms with van der Waals surface area (Å²) in [5.41, 5.74) is 0.916. The van der Waals surface area contributed by atoms with Gasteiger partial charge in [0.15, 0.2) is 0 Å². The minimum absolute atomic E-state index is 0.0983. The Morgan fingerprint density at radius 2 is 2.08 bits per heavy atom. The van der Waals surface area contributed by atoms with E-state index in [2.05, 4.69) is 0 Å². The molecule has 0 heterocycles. The van der Waals surface area contributed by atoms with Crippen LogP contribution in [-0.4, -0.2) is 20.1 Å². The molecule has 0 radical (unpaired) electrons. The zero-order valence-corrected chi connectivity index (χ0v) is 7.04. The van der Waals surface area contributed by atoms with Crippen molar-refractivity contribution in [3.05, 3.63) is 29.8 Å². The Morgan fingerprint density at radius 1 is 1.42 bits per heavy atom. The average Bonchev–Trinajstić information content (AvgIpc) is 2.04. The molecular weight excluding hydrogens is 157 g/mol. The molecule has 0 spiro atoms. The summed E-state index contributed by atoms with van der Waals surface area (Å²) in [6, 6.07) is 5.05. The van der Waals surface area contributed by atoms with Gasteiger partial charge in [-0.1, -0.05) is 6.07 Å². The van der Waals surface area contributed by atoms with E-state index in [4.69, 9.17) is 0 Å². The third-order valence-electron chi connectivity index (χ3n) is 1.59. The Balaban J connectivity index is 3.04. The Morgan fingerprint density at radius 3 is 2.58 bits per heavy atom. The normalized spacial score (nSPS) is 9.58. The predicted octanol–water partition coefficient (Wildman–Crippen LogP) is 1.86. The molecule has 2 nitrogen and oxygen atoms in total. The van der Waals surface area contributed by atoms with Crippen molar-refractivity contribution in [2.24, 2.45) is 0 Å². The molecule has 1 aromatic carbocycles. The fourth-order valence-electron chi connectivity index (χ4n) is 0.906. The molecule has 0 atom stereocenters. The van der Waals surface area contributed by atoms with Crippen molar-refractivity contribution in [3.63, 3.8) is 0 Å². The first-order valence-electron chi connectivity index (χ1n) is 3.58. The van der Waals surface area contributed by atoms with E-state index in [0.29, 0.717) is 0 Å². The van der Waals surface area contributed by atoms with E-state index in [-0.39, 0.29) is 5.56 Å². The highest BCUT2D eigenvalue weighted by Crippen LogP contribution is 2.13. The van der Waals surface area contributed by atoms with Crippen molar-refractivity contribution in [2.45, 2.75) is 0 Å². The van der Waals surface area contributed by atoms with Gasteiger partial charge in [0.05, 0.1) is 5.56 Å². The monoisotopic (exact) mass is 167 g/mol. The summed E-state index contributed by atoms with van der Waals surface area (Å²) in [6.07, 6.45) is 0. The van der Waals surface area contributed by atoms with Crippen LogP contribution >= 0.6 is 0 Å². The maximum Gasteiger partial charge on any atom is 0.332 e. The SMILES string of the molecule is CN(C)c1cccc(C(=O)F)c1. The van der Waals surface area contributed by atoms with Gasteiger partial charge in [-0.05, 0) is 18.2 Å². The summed E-state index contributed by atoms with van der Waals surface area (Å²) in [5.74, 6) is 0. The van der Waals surface area contributed by atoms with E-state index < -0.39 is 6.04 Å². The zero-order chi connectivity index (χ0) is 9.14. The summed E-state index contributed by atoms with van der Waals surface area (Å²) >= 11 is 0. The number of carbonyl (C=O) groups is 1. The van der Waals surface area contributed by atoms with E-state index in [0.717, 1.165) is 5.69 Å². The largest absolute Gasteiger partial charge is 0.378 e. The first-order valence-corrected chi connectivity index (χ1v) is 3.58. The number of anilines is 1. The van der Waals surface area contributed by atoms with Crippen molar-refractivity contribution in [3.8, 4) is 0 Å². The minimum atomic E-state index is -1.39. The third-order valence-corrected chi connectivity index (χ3v) is 1.59. The van der Waals surface area contributed by atoms with E-state index in [9.17, 15) is 9.18 Å². The van der Waals surface area contributed by atoms with Crippen LogP contribution in [0.1, 0.15) is 10.4 Å². The first-order chi connectivity index (χ1) is 5.61. The zero-order valence-electron chi connectivity index (χ0n) is 7.04. The molecule has 3 heteroatoms. The molecule has 0 N–H and O–H groups in total. The average molecular weight is 167 g/mol. The summed E-state index contributed by atoms with van der Waals surface area (Å²) in [5, 5.41) is 0. The lowest BCUT2D eigenvalue weighted by Crippen LogP contribution is -2.08. The van der Waals surface area contributed by atoms with Gasteiger partial charge in [0, 0.05) is 19.8 Å². The maximum atomic E-state index is 12.2. The topological polar surface area (TPSA) is 20.3 Å². The highest BCUT2D eigenvalue weighted by molar-refractivity contribution is 5.89. The van der Waals surface area contributed by atoms with E-state index in [1.165, 1.54) is 12.1 Å². The lowest BCUT2D eigenvalue weighted by molar-refractivity contribution is 0.0836. The summed E-state index contributed by atoms with van der Waals surface area (Å²) < 4.78 is 12.2. The van der Waals surface area contributed by atoms with Crippen LogP contribution in [0.4, 0.5) is 10.1 Å². The van der Waals surface area contributed by atoms with Gasteiger partial charge >= 0.3 is 6.04 Å². The van der Waals surface area contributed by atoms with Crippen molar-refractivity contribution in [1.29, 1.82) is 0 Å². The molecule has 0 unspecified atom stereocenters. The van der Waals surface area contributed by atoms with Crippen LogP contribution < -0.4 is 4.90 Å². The van der Waals surface area contributed by atoms with Gasteiger partial charge in [-0.2, -0.15) is 4.39 Å². The van der Waals surface area contributed by atoms with Crippen LogP contribution in [0.25, 0.3) is 0 Å². The van der Waals surface area contributed by atoms with Gasteiger partial charge in [0.1, 0.15) is 0 Å². The third kappa shape index (κ3) is 1.81. The molecule has 0 aliphatic carbocycles. The lowest BCUT2D eigenvalue weighted by Gasteiger charge is -2.11. The lowest BCUT2D eigenvalue weighted by atomic mass is 10.2. The molecule has 0 saturated heterocycles. The maximum absolute atomic E-state index is 12.2. The molecule has 12 heavy (non-hydrogen) atoms. The highest BCUT2D eigenvalue weighted by atomic mass is 19.1.